The Hall–Kier alpha value is -3.71. The Bertz CT molecular complexity index is 1290. The van der Waals surface area contributed by atoms with Gasteiger partial charge in [0.1, 0.15) is 29.6 Å². The fraction of sp³-hybridized carbons (Fsp3) is 0.160. The predicted octanol–water partition coefficient (Wildman–Crippen LogP) is 6.15. The summed E-state index contributed by atoms with van der Waals surface area (Å²) in [5.41, 5.74) is 3.83. The van der Waals surface area contributed by atoms with Gasteiger partial charge in [0.05, 0.1) is 19.2 Å². The number of hydrogen-bond donors (Lipinski definition) is 2. The number of nitrogens with zero attached hydrogens (tertiary/aromatic N) is 1. The molecule has 33 heavy (non-hydrogen) atoms. The van der Waals surface area contributed by atoms with Crippen molar-refractivity contribution >= 4 is 11.6 Å². The van der Waals surface area contributed by atoms with Crippen molar-refractivity contribution in [2.24, 2.45) is 0 Å². The summed E-state index contributed by atoms with van der Waals surface area (Å²) in [7, 11) is 3.15. The van der Waals surface area contributed by atoms with E-state index in [1.165, 1.54) is 18.2 Å². The maximum atomic E-state index is 14.0. The van der Waals surface area contributed by atoms with Crippen molar-refractivity contribution in [1.29, 1.82) is 0 Å². The molecule has 0 aliphatic rings. The number of hydrogen-bond acceptors (Lipinski definition) is 5. The quantitative estimate of drug-likeness (QED) is 0.340. The number of ether oxygens (including phenoxy) is 3. The standard InChI is InChI=1S/C25H22ClFN2O4/c1-14-24(15-7-10-22(31-2)23(11-15)32-3)25(29-28-14)17-9-8-16(12-21(17)30)33-13-18-19(26)5-4-6-20(18)27/h4-12,30H,13H2,1-3H3,(H,28,29). The third-order valence-electron chi connectivity index (χ3n) is 5.29. The van der Waals surface area contributed by atoms with Gasteiger partial charge in [-0.3, -0.25) is 5.10 Å². The van der Waals surface area contributed by atoms with Crippen LogP contribution in [-0.2, 0) is 6.61 Å². The summed E-state index contributed by atoms with van der Waals surface area (Å²) in [6.45, 7) is 1.83. The molecule has 0 saturated carbocycles. The SMILES string of the molecule is COc1ccc(-c2c(-c3ccc(OCc4c(F)cccc4Cl)cc3O)n[nH]c2C)cc1OC. The largest absolute Gasteiger partial charge is 0.507 e. The van der Waals surface area contributed by atoms with Gasteiger partial charge in [-0.1, -0.05) is 23.7 Å². The highest BCUT2D eigenvalue weighted by molar-refractivity contribution is 6.31. The first-order chi connectivity index (χ1) is 15.9. The Morgan fingerprint density at radius 2 is 1.82 bits per heavy atom. The molecule has 1 aromatic heterocycles. The van der Waals surface area contributed by atoms with Crippen molar-refractivity contribution < 1.29 is 23.7 Å². The van der Waals surface area contributed by atoms with Crippen molar-refractivity contribution in [1.82, 2.24) is 10.2 Å². The van der Waals surface area contributed by atoms with Crippen molar-refractivity contribution in [3.8, 4) is 45.4 Å². The van der Waals surface area contributed by atoms with Crippen LogP contribution in [0.3, 0.4) is 0 Å². The van der Waals surface area contributed by atoms with E-state index in [0.29, 0.717) is 28.5 Å². The number of benzene rings is 3. The molecule has 0 saturated heterocycles. The Balaban J connectivity index is 1.65. The first kappa shape index (κ1) is 22.5. The van der Waals surface area contributed by atoms with Crippen LogP contribution in [0.1, 0.15) is 11.3 Å². The maximum absolute atomic E-state index is 14.0. The molecule has 170 valence electrons. The molecule has 0 radical (unpaired) electrons. The number of halogens is 2. The number of phenols is 1. The summed E-state index contributed by atoms with van der Waals surface area (Å²) in [6, 6.07) is 14.9. The van der Waals surface area contributed by atoms with Crippen LogP contribution in [-0.4, -0.2) is 29.5 Å². The van der Waals surface area contributed by atoms with E-state index in [9.17, 15) is 9.50 Å². The van der Waals surface area contributed by atoms with Crippen LogP contribution in [0.5, 0.6) is 23.0 Å². The zero-order valence-corrected chi connectivity index (χ0v) is 19.0. The molecule has 0 aliphatic carbocycles. The molecule has 0 unspecified atom stereocenters. The summed E-state index contributed by atoms with van der Waals surface area (Å²) in [6.07, 6.45) is 0. The lowest BCUT2D eigenvalue weighted by atomic mass is 9.98. The first-order valence-corrected chi connectivity index (χ1v) is 10.5. The molecule has 4 rings (SSSR count). The lowest BCUT2D eigenvalue weighted by molar-refractivity contribution is 0.298. The number of aromatic amines is 1. The summed E-state index contributed by atoms with van der Waals surface area (Å²) < 4.78 is 30.4. The molecule has 0 fully saturated rings. The van der Waals surface area contributed by atoms with Crippen LogP contribution < -0.4 is 14.2 Å². The summed E-state index contributed by atoms with van der Waals surface area (Å²) in [5, 5.41) is 18.4. The van der Waals surface area contributed by atoms with Crippen LogP contribution in [0.2, 0.25) is 5.02 Å². The minimum Gasteiger partial charge on any atom is -0.507 e. The highest BCUT2D eigenvalue weighted by atomic mass is 35.5. The smallest absolute Gasteiger partial charge is 0.161 e. The Kier molecular flexibility index (Phi) is 6.42. The Morgan fingerprint density at radius 3 is 2.52 bits per heavy atom. The van der Waals surface area contributed by atoms with E-state index in [0.717, 1.165) is 16.8 Å². The molecule has 1 heterocycles. The molecule has 0 amide bonds. The van der Waals surface area contributed by atoms with Crippen molar-refractivity contribution in [3.05, 3.63) is 76.7 Å². The van der Waals surface area contributed by atoms with Crippen LogP contribution in [0.15, 0.2) is 54.6 Å². The van der Waals surface area contributed by atoms with Crippen molar-refractivity contribution in [2.45, 2.75) is 13.5 Å². The lowest BCUT2D eigenvalue weighted by Gasteiger charge is -2.12. The predicted molar refractivity (Wildman–Crippen MR) is 125 cm³/mol. The molecule has 4 aromatic rings. The Labute approximate surface area is 195 Å². The Morgan fingerprint density at radius 1 is 1.03 bits per heavy atom. The molecule has 6 nitrogen and oxygen atoms in total. The van der Waals surface area contributed by atoms with E-state index in [1.807, 2.05) is 25.1 Å². The number of aromatic hydroxyl groups is 1. The fourth-order valence-electron chi connectivity index (χ4n) is 3.60. The highest BCUT2D eigenvalue weighted by Crippen LogP contribution is 2.41. The van der Waals surface area contributed by atoms with Crippen LogP contribution in [0.25, 0.3) is 22.4 Å². The minimum atomic E-state index is -0.449. The van der Waals surface area contributed by atoms with Gasteiger partial charge in [0, 0.05) is 28.5 Å². The molecular formula is C25H22ClFN2O4. The van der Waals surface area contributed by atoms with Gasteiger partial charge in [-0.15, -0.1) is 0 Å². The average Bonchev–Trinajstić information content (AvgIpc) is 3.19. The number of phenolic OH excluding ortho intramolecular Hbond substituents is 1. The van der Waals surface area contributed by atoms with Gasteiger partial charge in [0.2, 0.25) is 0 Å². The zero-order valence-electron chi connectivity index (χ0n) is 18.3. The molecule has 8 heteroatoms. The van der Waals surface area contributed by atoms with Gasteiger partial charge in [0.15, 0.2) is 11.5 Å². The number of methoxy groups -OCH3 is 2. The highest BCUT2D eigenvalue weighted by Gasteiger charge is 2.19. The molecular weight excluding hydrogens is 447 g/mol. The fourth-order valence-corrected chi connectivity index (χ4v) is 3.81. The number of rotatable bonds is 7. The van der Waals surface area contributed by atoms with Crippen LogP contribution in [0, 0.1) is 12.7 Å². The lowest BCUT2D eigenvalue weighted by Crippen LogP contribution is -1.99. The van der Waals surface area contributed by atoms with Gasteiger partial charge >= 0.3 is 0 Å². The minimum absolute atomic E-state index is 0.0274. The summed E-state index contributed by atoms with van der Waals surface area (Å²) in [4.78, 5) is 0. The number of nitrogens with one attached hydrogen (secondary N) is 1. The summed E-state index contributed by atoms with van der Waals surface area (Å²) in [5.74, 6) is 1.09. The van der Waals surface area contributed by atoms with Gasteiger partial charge in [0.25, 0.3) is 0 Å². The normalized spacial score (nSPS) is 10.8. The second-order valence-electron chi connectivity index (χ2n) is 7.31. The van der Waals surface area contributed by atoms with Gasteiger partial charge in [-0.2, -0.15) is 5.10 Å². The van der Waals surface area contributed by atoms with Gasteiger partial charge in [-0.25, -0.2) is 4.39 Å². The van der Waals surface area contributed by atoms with Crippen LogP contribution >= 0.6 is 11.6 Å². The third-order valence-corrected chi connectivity index (χ3v) is 5.64. The van der Waals surface area contributed by atoms with Crippen LogP contribution in [0.4, 0.5) is 4.39 Å². The van der Waals surface area contributed by atoms with E-state index in [-0.39, 0.29) is 22.9 Å². The van der Waals surface area contributed by atoms with E-state index < -0.39 is 5.82 Å². The molecule has 0 bridgehead atoms. The van der Waals surface area contributed by atoms with E-state index >= 15 is 0 Å². The molecule has 3 aromatic carbocycles. The topological polar surface area (TPSA) is 76.6 Å². The van der Waals surface area contributed by atoms with Crippen molar-refractivity contribution in [2.75, 3.05) is 14.2 Å². The average molecular weight is 469 g/mol. The van der Waals surface area contributed by atoms with Gasteiger partial charge in [-0.05, 0) is 48.9 Å². The van der Waals surface area contributed by atoms with Gasteiger partial charge < -0.3 is 19.3 Å². The summed E-state index contributed by atoms with van der Waals surface area (Å²) >= 11 is 6.05. The zero-order chi connectivity index (χ0) is 23.5. The number of H-pyrrole nitrogens is 1. The molecule has 0 aliphatic heterocycles. The second-order valence-corrected chi connectivity index (χ2v) is 7.72. The van der Waals surface area contributed by atoms with E-state index in [2.05, 4.69) is 10.2 Å². The number of aromatic nitrogens is 2. The monoisotopic (exact) mass is 468 g/mol. The first-order valence-electron chi connectivity index (χ1n) is 10.1. The second kappa shape index (κ2) is 9.42. The van der Waals surface area contributed by atoms with E-state index in [4.69, 9.17) is 25.8 Å². The van der Waals surface area contributed by atoms with E-state index in [1.54, 1.807) is 32.4 Å². The molecule has 2 N–H and O–H groups in total. The maximum Gasteiger partial charge on any atom is 0.161 e. The molecule has 0 atom stereocenters. The third kappa shape index (κ3) is 4.45. The van der Waals surface area contributed by atoms with Crippen molar-refractivity contribution in [3.63, 3.8) is 0 Å². The number of aryl methyl sites for hydroxylation is 1. The molecule has 0 spiro atoms.